The van der Waals surface area contributed by atoms with Gasteiger partial charge in [0.25, 0.3) is 0 Å². The maximum absolute atomic E-state index is 12.2. The highest BCUT2D eigenvalue weighted by Crippen LogP contribution is 2.27. The van der Waals surface area contributed by atoms with Gasteiger partial charge in [-0.25, -0.2) is 13.1 Å². The van der Waals surface area contributed by atoms with Gasteiger partial charge < -0.3 is 5.11 Å². The van der Waals surface area contributed by atoms with Crippen LogP contribution in [0.5, 0.6) is 0 Å². The highest BCUT2D eigenvalue weighted by atomic mass is 79.9. The van der Waals surface area contributed by atoms with Crippen LogP contribution < -0.4 is 4.72 Å². The molecule has 0 aliphatic rings. The topological polar surface area (TPSA) is 66.4 Å². The van der Waals surface area contributed by atoms with Crippen molar-refractivity contribution in [1.82, 2.24) is 4.72 Å². The van der Waals surface area contributed by atoms with Crippen molar-refractivity contribution in [3.63, 3.8) is 0 Å². The number of hydrogen-bond donors (Lipinski definition) is 2. The highest BCUT2D eigenvalue weighted by molar-refractivity contribution is 9.11. The largest absolute Gasteiger partial charge is 0.388 e. The fourth-order valence-corrected chi connectivity index (χ4v) is 5.64. The minimum Gasteiger partial charge on any atom is -0.388 e. The molecular formula is C17H16BrNO3S2. The summed E-state index contributed by atoms with van der Waals surface area (Å²) in [4.78, 5) is 0. The molecule has 0 aliphatic heterocycles. The van der Waals surface area contributed by atoms with Crippen molar-refractivity contribution >= 4 is 48.1 Å². The van der Waals surface area contributed by atoms with Crippen molar-refractivity contribution in [1.29, 1.82) is 0 Å². The van der Waals surface area contributed by atoms with Crippen LogP contribution in [0, 0.1) is 0 Å². The molecule has 1 heterocycles. The monoisotopic (exact) mass is 425 g/mol. The van der Waals surface area contributed by atoms with Gasteiger partial charge in [0.05, 0.1) is 9.89 Å². The number of rotatable bonds is 6. The second-order valence-electron chi connectivity index (χ2n) is 5.33. The van der Waals surface area contributed by atoms with Crippen LogP contribution in [0.15, 0.2) is 62.6 Å². The smallest absolute Gasteiger partial charge is 0.250 e. The fraction of sp³-hybridized carbons (Fsp3) is 0.176. The summed E-state index contributed by atoms with van der Waals surface area (Å²) in [6.45, 7) is 0.169. The zero-order valence-electron chi connectivity index (χ0n) is 12.6. The Bertz CT molecular complexity index is 948. The van der Waals surface area contributed by atoms with Crippen LogP contribution in [-0.2, 0) is 10.0 Å². The van der Waals surface area contributed by atoms with Crippen molar-refractivity contribution < 1.29 is 13.5 Å². The minimum absolute atomic E-state index is 0.169. The third-order valence-electron chi connectivity index (χ3n) is 3.71. The minimum atomic E-state index is -3.53. The van der Waals surface area contributed by atoms with Crippen LogP contribution in [0.25, 0.3) is 10.8 Å². The molecule has 1 atom stereocenters. The second kappa shape index (κ2) is 7.33. The average Bonchev–Trinajstić information content (AvgIpc) is 3.01. The van der Waals surface area contributed by atoms with Crippen molar-refractivity contribution in [2.24, 2.45) is 0 Å². The Balaban J connectivity index is 1.68. The van der Waals surface area contributed by atoms with Crippen LogP contribution in [-0.4, -0.2) is 20.1 Å². The zero-order valence-corrected chi connectivity index (χ0v) is 15.9. The summed E-state index contributed by atoms with van der Waals surface area (Å²) >= 11 is 4.41. The molecule has 7 heteroatoms. The van der Waals surface area contributed by atoms with E-state index >= 15 is 0 Å². The van der Waals surface area contributed by atoms with Gasteiger partial charge in [-0.05, 0) is 50.8 Å². The standard InChI is InChI=1S/C17H16BrNO3S2/c18-16-8-9-17(23-16)24(21,22)19-11-10-15(20)14-7-3-5-12-4-1-2-6-13(12)14/h1-9,15,19-20H,10-11H2/t15-/m0/s1. The van der Waals surface area contributed by atoms with Gasteiger partial charge >= 0.3 is 0 Å². The number of aliphatic hydroxyl groups excluding tert-OH is 1. The van der Waals surface area contributed by atoms with Crippen molar-refractivity contribution in [2.75, 3.05) is 6.54 Å². The highest BCUT2D eigenvalue weighted by Gasteiger charge is 2.17. The summed E-state index contributed by atoms with van der Waals surface area (Å²) < 4.78 is 27.9. The molecule has 0 amide bonds. The molecule has 24 heavy (non-hydrogen) atoms. The predicted octanol–water partition coefficient (Wildman–Crippen LogP) is 4.07. The molecule has 0 saturated carbocycles. The summed E-state index contributed by atoms with van der Waals surface area (Å²) in [7, 11) is -3.53. The van der Waals surface area contributed by atoms with E-state index in [2.05, 4.69) is 20.7 Å². The van der Waals surface area contributed by atoms with E-state index in [9.17, 15) is 13.5 Å². The first kappa shape index (κ1) is 17.6. The first-order valence-corrected chi connectivity index (χ1v) is 10.5. The molecule has 0 bridgehead atoms. The molecule has 0 radical (unpaired) electrons. The van der Waals surface area contributed by atoms with Crippen LogP contribution in [0.1, 0.15) is 18.1 Å². The molecule has 2 aromatic carbocycles. The van der Waals surface area contributed by atoms with Crippen molar-refractivity contribution in [3.05, 3.63) is 63.9 Å². The van der Waals surface area contributed by atoms with E-state index in [0.29, 0.717) is 6.42 Å². The predicted molar refractivity (Wildman–Crippen MR) is 101 cm³/mol. The summed E-state index contributed by atoms with van der Waals surface area (Å²) in [5, 5.41) is 12.5. The first-order valence-electron chi connectivity index (χ1n) is 7.38. The summed E-state index contributed by atoms with van der Waals surface area (Å²) in [6.07, 6.45) is -0.423. The molecular weight excluding hydrogens is 410 g/mol. The Labute approximate surface area is 153 Å². The quantitative estimate of drug-likeness (QED) is 0.625. The fourth-order valence-electron chi connectivity index (χ4n) is 2.54. The van der Waals surface area contributed by atoms with Crippen LogP contribution >= 0.6 is 27.3 Å². The number of fused-ring (bicyclic) bond motifs is 1. The van der Waals surface area contributed by atoms with E-state index in [1.807, 2.05) is 42.5 Å². The molecule has 4 nitrogen and oxygen atoms in total. The number of sulfonamides is 1. The van der Waals surface area contributed by atoms with E-state index < -0.39 is 16.1 Å². The summed E-state index contributed by atoms with van der Waals surface area (Å²) in [6, 6.07) is 16.8. The van der Waals surface area contributed by atoms with Crippen LogP contribution in [0.2, 0.25) is 0 Å². The first-order chi connectivity index (χ1) is 11.5. The lowest BCUT2D eigenvalue weighted by Gasteiger charge is -2.14. The maximum atomic E-state index is 12.2. The van der Waals surface area contributed by atoms with Gasteiger partial charge in [-0.2, -0.15) is 0 Å². The summed E-state index contributed by atoms with van der Waals surface area (Å²) in [5.74, 6) is 0. The van der Waals surface area contributed by atoms with Crippen LogP contribution in [0.4, 0.5) is 0 Å². The van der Waals surface area contributed by atoms with Crippen molar-refractivity contribution in [2.45, 2.75) is 16.7 Å². The third-order valence-corrected chi connectivity index (χ3v) is 7.28. The van der Waals surface area contributed by atoms with E-state index in [1.54, 1.807) is 12.1 Å². The van der Waals surface area contributed by atoms with E-state index in [0.717, 1.165) is 31.5 Å². The Morgan fingerprint density at radius 1 is 1.08 bits per heavy atom. The van der Waals surface area contributed by atoms with Gasteiger partial charge in [-0.1, -0.05) is 42.5 Å². The van der Waals surface area contributed by atoms with E-state index in [1.165, 1.54) is 0 Å². The van der Waals surface area contributed by atoms with Gasteiger partial charge in [-0.3, -0.25) is 0 Å². The lowest BCUT2D eigenvalue weighted by Crippen LogP contribution is -2.25. The van der Waals surface area contributed by atoms with Gasteiger partial charge in [-0.15, -0.1) is 11.3 Å². The van der Waals surface area contributed by atoms with Gasteiger partial charge in [0.15, 0.2) is 0 Å². The number of aliphatic hydroxyl groups is 1. The third kappa shape index (κ3) is 3.87. The molecule has 0 unspecified atom stereocenters. The molecule has 1 aromatic heterocycles. The Hall–Kier alpha value is -1.25. The molecule has 2 N–H and O–H groups in total. The second-order valence-corrected chi connectivity index (χ2v) is 9.79. The molecule has 126 valence electrons. The SMILES string of the molecule is O=S(=O)(NCC[C@H](O)c1cccc2ccccc12)c1ccc(Br)s1. The van der Waals surface area contributed by atoms with E-state index in [4.69, 9.17) is 0 Å². The number of nitrogens with one attached hydrogen (secondary N) is 1. The molecule has 0 saturated heterocycles. The van der Waals surface area contributed by atoms with Gasteiger partial charge in [0, 0.05) is 6.54 Å². The molecule has 0 aliphatic carbocycles. The number of halogens is 1. The maximum Gasteiger partial charge on any atom is 0.250 e. The van der Waals surface area contributed by atoms with Gasteiger partial charge in [0.2, 0.25) is 10.0 Å². The lowest BCUT2D eigenvalue weighted by molar-refractivity contribution is 0.170. The molecule has 3 rings (SSSR count). The number of benzene rings is 2. The zero-order chi connectivity index (χ0) is 17.2. The molecule has 3 aromatic rings. The molecule has 0 fully saturated rings. The summed E-state index contributed by atoms with van der Waals surface area (Å²) in [5.41, 5.74) is 0.811. The van der Waals surface area contributed by atoms with Gasteiger partial charge in [0.1, 0.15) is 4.21 Å². The number of thiophene rings is 1. The van der Waals surface area contributed by atoms with E-state index in [-0.39, 0.29) is 10.8 Å². The van der Waals surface area contributed by atoms with Crippen LogP contribution in [0.3, 0.4) is 0 Å². The Morgan fingerprint density at radius 3 is 2.58 bits per heavy atom. The molecule has 0 spiro atoms. The number of hydrogen-bond acceptors (Lipinski definition) is 4. The van der Waals surface area contributed by atoms with Crippen molar-refractivity contribution in [3.8, 4) is 0 Å². The Kier molecular flexibility index (Phi) is 5.36. The Morgan fingerprint density at radius 2 is 1.83 bits per heavy atom. The average molecular weight is 426 g/mol. The lowest BCUT2D eigenvalue weighted by atomic mass is 9.99. The normalized spacial score (nSPS) is 13.2.